The fourth-order valence-corrected chi connectivity index (χ4v) is 4.60. The van der Waals surface area contributed by atoms with Crippen LogP contribution in [0.1, 0.15) is 55.3 Å². The van der Waals surface area contributed by atoms with Crippen molar-refractivity contribution >= 4 is 21.6 Å². The molecule has 0 aliphatic heterocycles. The first kappa shape index (κ1) is 25.5. The van der Waals surface area contributed by atoms with Crippen LogP contribution >= 0.6 is 11.6 Å². The average molecular weight is 474 g/mol. The summed E-state index contributed by atoms with van der Waals surface area (Å²) in [4.78, 5) is 0.0992. The molecule has 1 atom stereocenters. The number of rotatable bonds is 9. The fraction of sp³-hybridized carbons (Fsp3) is 0.476. The van der Waals surface area contributed by atoms with Crippen molar-refractivity contribution in [2.45, 2.75) is 50.7 Å². The second-order valence-electron chi connectivity index (χ2n) is 7.89. The Morgan fingerprint density at radius 1 is 1.35 bits per heavy atom. The highest BCUT2D eigenvalue weighted by Crippen LogP contribution is 2.32. The Kier molecular flexibility index (Phi) is 8.40. The minimum atomic E-state index is -3.61. The van der Waals surface area contributed by atoms with Crippen LogP contribution in [-0.2, 0) is 23.0 Å². The predicted molar refractivity (Wildman–Crippen MR) is 119 cm³/mol. The van der Waals surface area contributed by atoms with Gasteiger partial charge in [0.05, 0.1) is 35.5 Å². The van der Waals surface area contributed by atoms with Crippen LogP contribution in [0.15, 0.2) is 35.0 Å². The monoisotopic (exact) mass is 473 g/mol. The summed E-state index contributed by atoms with van der Waals surface area (Å²) in [6.07, 6.45) is 0.827. The summed E-state index contributed by atoms with van der Waals surface area (Å²) in [5.41, 5.74) is 6.32. The molecule has 0 radical (unpaired) electrons. The van der Waals surface area contributed by atoms with Crippen molar-refractivity contribution in [3.63, 3.8) is 0 Å². The lowest BCUT2D eigenvalue weighted by molar-refractivity contribution is -0.353. The Labute approximate surface area is 188 Å². The Morgan fingerprint density at radius 3 is 2.48 bits per heavy atom. The Bertz CT molecular complexity index is 1060. The molecule has 1 aromatic carbocycles. The summed E-state index contributed by atoms with van der Waals surface area (Å²) >= 11 is 6.44. The summed E-state index contributed by atoms with van der Waals surface area (Å²) in [5.74, 6) is -0.349. The molecule has 0 saturated heterocycles. The number of aliphatic hydroxyl groups excluding tert-OH is 1. The maximum Gasteiger partial charge on any atom is 0.242 e. The first-order valence-corrected chi connectivity index (χ1v) is 11.8. The second kappa shape index (κ2) is 10.2. The molecule has 7 nitrogen and oxygen atoms in total. The van der Waals surface area contributed by atoms with E-state index in [1.54, 1.807) is 13.0 Å². The van der Waals surface area contributed by atoms with E-state index < -0.39 is 16.1 Å². The number of allylic oxidation sites excluding steroid dienone is 1. The molecule has 1 aromatic heterocycles. The van der Waals surface area contributed by atoms with Crippen LogP contribution in [0.4, 0.5) is 4.39 Å². The number of hydrogen-bond donors (Lipinski definition) is 2. The Hall–Kier alpha value is -1.78. The highest BCUT2D eigenvalue weighted by Gasteiger charge is 2.25. The van der Waals surface area contributed by atoms with Gasteiger partial charge in [0.25, 0.3) is 0 Å². The molecular formula is C21H31ClFN4O3S+. The van der Waals surface area contributed by atoms with Gasteiger partial charge in [-0.25, -0.2) is 17.1 Å². The number of halogens is 2. The molecule has 2 rings (SSSR count). The van der Waals surface area contributed by atoms with Crippen molar-refractivity contribution in [1.29, 1.82) is 0 Å². The van der Waals surface area contributed by atoms with Crippen LogP contribution in [0.25, 0.3) is 0 Å². The molecule has 0 bridgehead atoms. The molecule has 10 heteroatoms. The van der Waals surface area contributed by atoms with Crippen LogP contribution in [0.2, 0.25) is 5.02 Å². The summed E-state index contributed by atoms with van der Waals surface area (Å²) in [6.45, 7) is 5.78. The SMILES string of the molecule is CC(C)c1nn(C/C(F)=C/C[NH3+])c(C(C)O)c1Cc1ccc(S(=O)(=O)N(C)C)cc1Cl. The highest BCUT2D eigenvalue weighted by atomic mass is 35.5. The molecule has 0 saturated carbocycles. The zero-order chi connectivity index (χ0) is 23.5. The minimum absolute atomic E-state index is 0.0285. The van der Waals surface area contributed by atoms with E-state index in [1.165, 1.54) is 37.0 Å². The first-order valence-electron chi connectivity index (χ1n) is 10.0. The first-order chi connectivity index (χ1) is 14.4. The number of hydrogen-bond acceptors (Lipinski definition) is 4. The van der Waals surface area contributed by atoms with Crippen molar-refractivity contribution in [3.8, 4) is 0 Å². The molecule has 4 N–H and O–H groups in total. The zero-order valence-electron chi connectivity index (χ0n) is 18.6. The quantitative estimate of drug-likeness (QED) is 0.584. The van der Waals surface area contributed by atoms with E-state index in [0.717, 1.165) is 15.6 Å². The lowest BCUT2D eigenvalue weighted by Gasteiger charge is -2.15. The van der Waals surface area contributed by atoms with E-state index in [4.69, 9.17) is 11.6 Å². The lowest BCUT2D eigenvalue weighted by atomic mass is 9.96. The number of sulfonamides is 1. The third-order valence-corrected chi connectivity index (χ3v) is 7.07. The van der Waals surface area contributed by atoms with Crippen molar-refractivity contribution in [3.05, 3.63) is 57.6 Å². The van der Waals surface area contributed by atoms with Gasteiger partial charge in [0, 0.05) is 37.2 Å². The molecule has 2 aromatic rings. The summed E-state index contributed by atoms with van der Waals surface area (Å²) in [5, 5.41) is 15.3. The van der Waals surface area contributed by atoms with Crippen molar-refractivity contribution in [2.24, 2.45) is 0 Å². The van der Waals surface area contributed by atoms with E-state index in [2.05, 4.69) is 10.8 Å². The van der Waals surface area contributed by atoms with Gasteiger partial charge in [0.2, 0.25) is 10.0 Å². The van der Waals surface area contributed by atoms with Gasteiger partial charge in [-0.1, -0.05) is 31.5 Å². The van der Waals surface area contributed by atoms with E-state index in [0.29, 0.717) is 29.2 Å². The summed E-state index contributed by atoms with van der Waals surface area (Å²) in [7, 11) is -0.696. The number of benzene rings is 1. The topological polar surface area (TPSA) is 103 Å². The number of aliphatic hydroxyl groups is 1. The Morgan fingerprint density at radius 2 is 2.00 bits per heavy atom. The third-order valence-electron chi connectivity index (χ3n) is 4.90. The van der Waals surface area contributed by atoms with Crippen LogP contribution in [0.5, 0.6) is 0 Å². The van der Waals surface area contributed by atoms with Crippen LogP contribution in [0, 0.1) is 0 Å². The third kappa shape index (κ3) is 5.72. The van der Waals surface area contributed by atoms with Gasteiger partial charge in [0.15, 0.2) is 0 Å². The molecular weight excluding hydrogens is 443 g/mol. The number of nitrogens with zero attached hydrogens (tertiary/aromatic N) is 3. The van der Waals surface area contributed by atoms with Gasteiger partial charge in [-0.2, -0.15) is 5.10 Å². The van der Waals surface area contributed by atoms with Gasteiger partial charge in [-0.05, 0) is 30.5 Å². The maximum atomic E-state index is 14.2. The zero-order valence-corrected chi connectivity index (χ0v) is 20.1. The molecule has 0 spiro atoms. The molecule has 1 unspecified atom stereocenters. The molecule has 0 fully saturated rings. The fourth-order valence-electron chi connectivity index (χ4n) is 3.36. The maximum absolute atomic E-state index is 14.2. The lowest BCUT2D eigenvalue weighted by Crippen LogP contribution is -2.49. The second-order valence-corrected chi connectivity index (χ2v) is 10.5. The van der Waals surface area contributed by atoms with Gasteiger partial charge < -0.3 is 10.8 Å². The van der Waals surface area contributed by atoms with E-state index >= 15 is 0 Å². The van der Waals surface area contributed by atoms with E-state index in [-0.39, 0.29) is 23.2 Å². The molecule has 31 heavy (non-hydrogen) atoms. The smallest absolute Gasteiger partial charge is 0.242 e. The minimum Gasteiger partial charge on any atom is -0.387 e. The number of quaternary nitrogens is 1. The summed E-state index contributed by atoms with van der Waals surface area (Å²) in [6, 6.07) is 4.59. The molecule has 0 aliphatic carbocycles. The molecule has 172 valence electrons. The number of aromatic nitrogens is 2. The molecule has 1 heterocycles. The van der Waals surface area contributed by atoms with Crippen molar-refractivity contribution < 1.29 is 23.6 Å². The predicted octanol–water partition coefficient (Wildman–Crippen LogP) is 2.65. The van der Waals surface area contributed by atoms with Gasteiger partial charge in [-0.3, -0.25) is 4.68 Å². The Balaban J connectivity index is 2.55. The van der Waals surface area contributed by atoms with E-state index in [9.17, 15) is 17.9 Å². The van der Waals surface area contributed by atoms with Gasteiger partial charge in [-0.15, -0.1) is 0 Å². The normalized spacial score (nSPS) is 14.0. The van der Waals surface area contributed by atoms with Crippen LogP contribution in [0.3, 0.4) is 0 Å². The van der Waals surface area contributed by atoms with Gasteiger partial charge in [0.1, 0.15) is 5.83 Å². The van der Waals surface area contributed by atoms with Gasteiger partial charge >= 0.3 is 0 Å². The highest BCUT2D eigenvalue weighted by molar-refractivity contribution is 7.89. The van der Waals surface area contributed by atoms with Crippen LogP contribution < -0.4 is 5.73 Å². The molecule has 0 amide bonds. The molecule has 0 aliphatic rings. The largest absolute Gasteiger partial charge is 0.387 e. The average Bonchev–Trinajstić information content (AvgIpc) is 3.01. The van der Waals surface area contributed by atoms with E-state index in [1.807, 2.05) is 13.8 Å². The van der Waals surface area contributed by atoms with Crippen LogP contribution in [-0.4, -0.2) is 48.3 Å². The van der Waals surface area contributed by atoms with Crippen molar-refractivity contribution in [1.82, 2.24) is 14.1 Å². The standard InChI is InChI=1S/C21H30ClFN4O3S/c1-13(2)20-18(21(14(3)28)27(25-20)12-16(23)8-9-24)10-15-6-7-17(11-19(15)22)31(29,30)26(4)5/h6-8,11,13-14,28H,9-10,12,24H2,1-5H3/p+1/b16-8-. The summed E-state index contributed by atoms with van der Waals surface area (Å²) < 4.78 is 41.5. The van der Waals surface area contributed by atoms with Crippen molar-refractivity contribution in [2.75, 3.05) is 20.6 Å².